The molecule has 4 nitrogen and oxygen atoms in total. The van der Waals surface area contributed by atoms with Crippen molar-refractivity contribution < 1.29 is 12.8 Å². The first-order chi connectivity index (χ1) is 11.8. The largest absolute Gasteiger partial charge is 0.279 e. The van der Waals surface area contributed by atoms with Crippen LogP contribution in [0.4, 0.5) is 10.1 Å². The Morgan fingerprint density at radius 3 is 2.64 bits per heavy atom. The summed E-state index contributed by atoms with van der Waals surface area (Å²) in [4.78, 5) is 6.25. The first-order valence-electron chi connectivity index (χ1n) is 7.61. The molecule has 1 aromatic carbocycles. The zero-order valence-electron chi connectivity index (χ0n) is 13.9. The molecule has 0 aliphatic rings. The minimum atomic E-state index is -3.79. The molecular formula is C17H17FN2O2S3. The second-order valence-electron chi connectivity index (χ2n) is 5.88. The van der Waals surface area contributed by atoms with Gasteiger partial charge < -0.3 is 0 Å². The van der Waals surface area contributed by atoms with Gasteiger partial charge in [-0.2, -0.15) is 0 Å². The Morgan fingerprint density at radius 1 is 1.24 bits per heavy atom. The van der Waals surface area contributed by atoms with Gasteiger partial charge in [0, 0.05) is 10.3 Å². The molecule has 0 amide bonds. The summed E-state index contributed by atoms with van der Waals surface area (Å²) >= 11 is 2.89. The summed E-state index contributed by atoms with van der Waals surface area (Å²) < 4.78 is 41.0. The van der Waals surface area contributed by atoms with Gasteiger partial charge in [0.15, 0.2) is 0 Å². The number of thiazole rings is 1. The average molecular weight is 397 g/mol. The lowest BCUT2D eigenvalue weighted by atomic mass is 10.2. The van der Waals surface area contributed by atoms with E-state index in [1.807, 2.05) is 5.38 Å². The van der Waals surface area contributed by atoms with Crippen LogP contribution in [-0.4, -0.2) is 13.4 Å². The van der Waals surface area contributed by atoms with Gasteiger partial charge >= 0.3 is 0 Å². The summed E-state index contributed by atoms with van der Waals surface area (Å²) in [6, 6.07) is 7.02. The fraction of sp³-hybridized carbons (Fsp3) is 0.235. The lowest BCUT2D eigenvalue weighted by Gasteiger charge is -2.07. The quantitative estimate of drug-likeness (QED) is 0.641. The van der Waals surface area contributed by atoms with Gasteiger partial charge in [-0.3, -0.25) is 4.72 Å². The number of aromatic nitrogens is 1. The van der Waals surface area contributed by atoms with Gasteiger partial charge in [0.25, 0.3) is 10.0 Å². The van der Waals surface area contributed by atoms with Crippen molar-refractivity contribution in [3.05, 3.63) is 52.1 Å². The minimum absolute atomic E-state index is 0.193. The topological polar surface area (TPSA) is 59.1 Å². The highest BCUT2D eigenvalue weighted by Gasteiger charge is 2.22. The van der Waals surface area contributed by atoms with E-state index in [0.29, 0.717) is 10.8 Å². The van der Waals surface area contributed by atoms with E-state index < -0.39 is 15.8 Å². The molecule has 2 aromatic heterocycles. The van der Waals surface area contributed by atoms with Crippen molar-refractivity contribution in [2.45, 2.75) is 31.6 Å². The Kier molecular flexibility index (Phi) is 4.95. The fourth-order valence-corrected chi connectivity index (χ4v) is 5.95. The van der Waals surface area contributed by atoms with Gasteiger partial charge in [-0.1, -0.05) is 19.9 Å². The Morgan fingerprint density at radius 2 is 2.00 bits per heavy atom. The van der Waals surface area contributed by atoms with Crippen LogP contribution in [0.1, 0.15) is 30.3 Å². The van der Waals surface area contributed by atoms with Gasteiger partial charge in [0.1, 0.15) is 15.7 Å². The molecule has 3 aromatic rings. The lowest BCUT2D eigenvalue weighted by Crippen LogP contribution is -2.13. The minimum Gasteiger partial charge on any atom is -0.279 e. The summed E-state index contributed by atoms with van der Waals surface area (Å²) in [5.74, 6) is -0.171. The van der Waals surface area contributed by atoms with Crippen LogP contribution in [0, 0.1) is 12.7 Å². The SMILES string of the molecule is Cc1sc(-c2nc(C(C)C)cs2)cc1S(=O)(=O)Nc1cccc(F)c1. The summed E-state index contributed by atoms with van der Waals surface area (Å²) in [7, 11) is -3.79. The molecule has 0 bridgehead atoms. The Labute approximate surface area is 154 Å². The van der Waals surface area contributed by atoms with Crippen molar-refractivity contribution in [3.63, 3.8) is 0 Å². The van der Waals surface area contributed by atoms with Gasteiger partial charge in [-0.25, -0.2) is 17.8 Å². The van der Waals surface area contributed by atoms with E-state index in [2.05, 4.69) is 23.6 Å². The molecule has 0 atom stereocenters. The molecule has 0 spiro atoms. The van der Waals surface area contributed by atoms with Crippen LogP contribution < -0.4 is 4.72 Å². The van der Waals surface area contributed by atoms with Gasteiger partial charge in [-0.05, 0) is 37.1 Å². The second-order valence-corrected chi connectivity index (χ2v) is 9.64. The van der Waals surface area contributed by atoms with Crippen LogP contribution in [0.5, 0.6) is 0 Å². The molecule has 0 fully saturated rings. The van der Waals surface area contributed by atoms with Crippen molar-refractivity contribution in [2.75, 3.05) is 4.72 Å². The van der Waals surface area contributed by atoms with E-state index in [-0.39, 0.29) is 10.6 Å². The first-order valence-corrected chi connectivity index (χ1v) is 10.8. The molecule has 2 heterocycles. The van der Waals surface area contributed by atoms with Crippen LogP contribution in [0.15, 0.2) is 40.6 Å². The van der Waals surface area contributed by atoms with Crippen LogP contribution in [-0.2, 0) is 10.0 Å². The van der Waals surface area contributed by atoms with Crippen LogP contribution >= 0.6 is 22.7 Å². The summed E-state index contributed by atoms with van der Waals surface area (Å²) in [5.41, 5.74) is 1.19. The van der Waals surface area contributed by atoms with Gasteiger partial charge in [0.05, 0.1) is 16.3 Å². The fourth-order valence-electron chi connectivity index (χ4n) is 2.26. The van der Waals surface area contributed by atoms with Crippen molar-refractivity contribution in [1.82, 2.24) is 4.98 Å². The molecule has 0 aliphatic carbocycles. The lowest BCUT2D eigenvalue weighted by molar-refractivity contribution is 0.601. The maximum Gasteiger partial charge on any atom is 0.263 e. The zero-order chi connectivity index (χ0) is 18.2. The van der Waals surface area contributed by atoms with E-state index in [1.165, 1.54) is 40.9 Å². The van der Waals surface area contributed by atoms with E-state index >= 15 is 0 Å². The van der Waals surface area contributed by atoms with Gasteiger partial charge in [0.2, 0.25) is 0 Å². The van der Waals surface area contributed by atoms with E-state index in [9.17, 15) is 12.8 Å². The molecule has 0 unspecified atom stereocenters. The maximum atomic E-state index is 13.3. The number of anilines is 1. The molecule has 25 heavy (non-hydrogen) atoms. The van der Waals surface area contributed by atoms with Crippen molar-refractivity contribution in [1.29, 1.82) is 0 Å². The molecule has 0 aliphatic heterocycles. The Bertz CT molecular complexity index is 1010. The third-order valence-electron chi connectivity index (χ3n) is 3.56. The average Bonchev–Trinajstić information content (AvgIpc) is 3.13. The van der Waals surface area contributed by atoms with Crippen LogP contribution in [0.3, 0.4) is 0 Å². The molecule has 0 radical (unpaired) electrons. The van der Waals surface area contributed by atoms with E-state index in [0.717, 1.165) is 21.6 Å². The summed E-state index contributed by atoms with van der Waals surface area (Å²) in [6.07, 6.45) is 0. The van der Waals surface area contributed by atoms with Gasteiger partial charge in [-0.15, -0.1) is 22.7 Å². The van der Waals surface area contributed by atoms with E-state index in [1.54, 1.807) is 13.0 Å². The number of benzene rings is 1. The molecule has 3 rings (SSSR count). The number of aryl methyl sites for hydroxylation is 1. The summed E-state index contributed by atoms with van der Waals surface area (Å²) in [6.45, 7) is 5.89. The summed E-state index contributed by atoms with van der Waals surface area (Å²) in [5, 5.41) is 2.80. The first kappa shape index (κ1) is 18.0. The second kappa shape index (κ2) is 6.86. The maximum absolute atomic E-state index is 13.3. The number of hydrogen-bond donors (Lipinski definition) is 1. The van der Waals surface area contributed by atoms with Crippen molar-refractivity contribution in [2.24, 2.45) is 0 Å². The molecular weight excluding hydrogens is 379 g/mol. The molecule has 132 valence electrons. The predicted molar refractivity (Wildman–Crippen MR) is 101 cm³/mol. The standard InChI is InChI=1S/C17H17FN2O2S3/c1-10(2)14-9-23-17(19-14)15-8-16(11(3)24-15)25(21,22)20-13-6-4-5-12(18)7-13/h4-10,20H,1-3H3. The van der Waals surface area contributed by atoms with Crippen LogP contribution in [0.25, 0.3) is 9.88 Å². The number of nitrogens with zero attached hydrogens (tertiary/aromatic N) is 1. The monoisotopic (exact) mass is 396 g/mol. The molecule has 1 N–H and O–H groups in total. The highest BCUT2D eigenvalue weighted by Crippen LogP contribution is 2.36. The van der Waals surface area contributed by atoms with Crippen molar-refractivity contribution >= 4 is 38.4 Å². The smallest absolute Gasteiger partial charge is 0.263 e. The van der Waals surface area contributed by atoms with Crippen molar-refractivity contribution in [3.8, 4) is 9.88 Å². The third kappa shape index (κ3) is 3.91. The highest BCUT2D eigenvalue weighted by molar-refractivity contribution is 7.93. The third-order valence-corrected chi connectivity index (χ3v) is 7.28. The zero-order valence-corrected chi connectivity index (χ0v) is 16.4. The van der Waals surface area contributed by atoms with E-state index in [4.69, 9.17) is 0 Å². The number of hydrogen-bond acceptors (Lipinski definition) is 5. The number of thiophene rings is 1. The highest BCUT2D eigenvalue weighted by atomic mass is 32.2. The Balaban J connectivity index is 1.93. The van der Waals surface area contributed by atoms with Crippen LogP contribution in [0.2, 0.25) is 0 Å². The Hall–Kier alpha value is -1.77. The number of sulfonamides is 1. The number of halogens is 1. The predicted octanol–water partition coefficient (Wildman–Crippen LogP) is 5.24. The molecule has 0 saturated heterocycles. The molecule has 8 heteroatoms. The molecule has 0 saturated carbocycles. The number of nitrogens with one attached hydrogen (secondary N) is 1. The normalized spacial score (nSPS) is 11.9. The number of rotatable bonds is 5.